The van der Waals surface area contributed by atoms with Gasteiger partial charge in [0.1, 0.15) is 5.82 Å². The van der Waals surface area contributed by atoms with E-state index in [4.69, 9.17) is 0 Å². The predicted octanol–water partition coefficient (Wildman–Crippen LogP) is 5.32. The van der Waals surface area contributed by atoms with Crippen molar-refractivity contribution in [2.24, 2.45) is 5.41 Å². The van der Waals surface area contributed by atoms with Crippen LogP contribution in [0.25, 0.3) is 11.1 Å². The molecule has 1 fully saturated rings. The molecule has 2 aromatic rings. The second-order valence-corrected chi connectivity index (χ2v) is 8.91. The fourth-order valence-electron chi connectivity index (χ4n) is 3.92. The zero-order valence-electron chi connectivity index (χ0n) is 18.9. The summed E-state index contributed by atoms with van der Waals surface area (Å²) in [6.07, 6.45) is 9.28. The van der Waals surface area contributed by atoms with Crippen LogP contribution in [0, 0.1) is 12.3 Å². The van der Waals surface area contributed by atoms with Crippen LogP contribution in [0.5, 0.6) is 0 Å². The van der Waals surface area contributed by atoms with Gasteiger partial charge in [0.25, 0.3) is 5.91 Å². The summed E-state index contributed by atoms with van der Waals surface area (Å²) in [7, 11) is 0. The maximum Gasteiger partial charge on any atom is 0.333 e. The van der Waals surface area contributed by atoms with E-state index in [1.807, 2.05) is 26.8 Å². The highest BCUT2D eigenvalue weighted by Gasteiger charge is 2.28. The van der Waals surface area contributed by atoms with E-state index in [0.29, 0.717) is 32.8 Å². The van der Waals surface area contributed by atoms with E-state index in [-0.39, 0.29) is 11.3 Å². The number of halogens is 2. The smallest absolute Gasteiger partial charge is 0.333 e. The molecule has 0 spiro atoms. The molecule has 0 saturated carbocycles. The van der Waals surface area contributed by atoms with Gasteiger partial charge in [0.2, 0.25) is 0 Å². The zero-order chi connectivity index (χ0) is 22.8. The van der Waals surface area contributed by atoms with Gasteiger partial charge in [-0.1, -0.05) is 19.9 Å². The number of nitrogens with one attached hydrogen (secondary N) is 1. The number of nitrogens with zero attached hydrogens (tertiary/aromatic N) is 4. The van der Waals surface area contributed by atoms with Crippen molar-refractivity contribution < 1.29 is 13.6 Å². The molecule has 168 valence electrons. The molecule has 0 atom stereocenters. The first-order chi connectivity index (χ1) is 14.6. The van der Waals surface area contributed by atoms with Crippen molar-refractivity contribution in [2.75, 3.05) is 18.0 Å². The molecule has 2 aromatic heterocycles. The summed E-state index contributed by atoms with van der Waals surface area (Å²) in [5.41, 5.74) is 3.28. The van der Waals surface area contributed by atoms with E-state index in [2.05, 4.69) is 34.1 Å². The minimum absolute atomic E-state index is 0.248. The third-order valence-electron chi connectivity index (χ3n) is 6.04. The molecule has 0 unspecified atom stereocenters. The molecule has 31 heavy (non-hydrogen) atoms. The first kappa shape index (κ1) is 22.9. The Kier molecular flexibility index (Phi) is 6.77. The number of carbonyl (C=O) groups is 1. The Morgan fingerprint density at radius 1 is 1.26 bits per heavy atom. The number of rotatable bonds is 5. The molecule has 0 aliphatic carbocycles. The average molecular weight is 432 g/mol. The zero-order valence-corrected chi connectivity index (χ0v) is 18.9. The lowest BCUT2D eigenvalue weighted by Crippen LogP contribution is -2.31. The third kappa shape index (κ3) is 5.11. The van der Waals surface area contributed by atoms with E-state index >= 15 is 0 Å². The molecule has 3 rings (SSSR count). The highest BCUT2D eigenvalue weighted by Crippen LogP contribution is 2.35. The molecule has 0 radical (unpaired) electrons. The van der Waals surface area contributed by atoms with Crippen LogP contribution in [0.1, 0.15) is 69.4 Å². The Balaban J connectivity index is 2.07. The summed E-state index contributed by atoms with van der Waals surface area (Å²) >= 11 is 0. The van der Waals surface area contributed by atoms with E-state index in [1.165, 1.54) is 12.4 Å². The van der Waals surface area contributed by atoms with Gasteiger partial charge in [0.15, 0.2) is 0 Å². The first-order valence-corrected chi connectivity index (χ1v) is 10.6. The molecule has 3 heterocycles. The second-order valence-electron chi connectivity index (χ2n) is 8.91. The number of aromatic nitrogens is 3. The first-order valence-electron chi connectivity index (χ1n) is 10.6. The van der Waals surface area contributed by atoms with Gasteiger partial charge in [-0.2, -0.15) is 13.9 Å². The van der Waals surface area contributed by atoms with Crippen molar-refractivity contribution in [3.8, 4) is 11.1 Å². The topological polar surface area (TPSA) is 63.1 Å². The Bertz CT molecular complexity index is 980. The summed E-state index contributed by atoms with van der Waals surface area (Å²) in [6.45, 7) is 8.96. The van der Waals surface area contributed by atoms with E-state index in [9.17, 15) is 13.6 Å². The van der Waals surface area contributed by atoms with Crippen LogP contribution in [0.3, 0.4) is 0 Å². The normalized spacial score (nSPS) is 17.0. The van der Waals surface area contributed by atoms with Gasteiger partial charge in [0.05, 0.1) is 11.8 Å². The lowest BCUT2D eigenvalue weighted by molar-refractivity contribution is 0.0566. The van der Waals surface area contributed by atoms with Crippen LogP contribution >= 0.6 is 0 Å². The van der Waals surface area contributed by atoms with Crippen molar-refractivity contribution >= 4 is 11.7 Å². The van der Waals surface area contributed by atoms with Crippen molar-refractivity contribution in [2.45, 2.75) is 60.4 Å². The number of carbonyl (C=O) groups excluding carboxylic acids is 1. The third-order valence-corrected chi connectivity index (χ3v) is 6.04. The number of pyridine rings is 1. The van der Waals surface area contributed by atoms with Crippen molar-refractivity contribution in [3.05, 3.63) is 41.5 Å². The quantitative estimate of drug-likeness (QED) is 0.696. The molecule has 8 heteroatoms. The van der Waals surface area contributed by atoms with E-state index in [0.717, 1.165) is 38.0 Å². The number of hydrogen-bond donors (Lipinski definition) is 1. The minimum Gasteiger partial charge on any atom is -0.356 e. The lowest BCUT2D eigenvalue weighted by atomic mass is 9.85. The highest BCUT2D eigenvalue weighted by molar-refractivity contribution is 6.02. The summed E-state index contributed by atoms with van der Waals surface area (Å²) in [5.74, 6) is 0.392. The molecule has 1 amide bonds. The molecule has 1 N–H and O–H groups in total. The van der Waals surface area contributed by atoms with Crippen molar-refractivity contribution in [3.63, 3.8) is 0 Å². The fourth-order valence-corrected chi connectivity index (χ4v) is 3.92. The largest absolute Gasteiger partial charge is 0.356 e. The molecule has 1 aliphatic heterocycles. The van der Waals surface area contributed by atoms with Crippen LogP contribution < -0.4 is 10.2 Å². The molecule has 0 bridgehead atoms. The van der Waals surface area contributed by atoms with Gasteiger partial charge in [0, 0.05) is 42.3 Å². The molecular weight excluding hydrogens is 400 g/mol. The van der Waals surface area contributed by atoms with Crippen molar-refractivity contribution in [1.82, 2.24) is 20.1 Å². The monoisotopic (exact) mass is 431 g/mol. The number of alkyl halides is 2. The van der Waals surface area contributed by atoms with Gasteiger partial charge >= 0.3 is 6.55 Å². The highest BCUT2D eigenvalue weighted by atomic mass is 19.3. The number of allylic oxidation sites excluding steroid dienone is 2. The van der Waals surface area contributed by atoms with Crippen LogP contribution in [0.2, 0.25) is 0 Å². The van der Waals surface area contributed by atoms with Crippen LogP contribution in [0.4, 0.5) is 14.6 Å². The molecule has 1 saturated heterocycles. The summed E-state index contributed by atoms with van der Waals surface area (Å²) in [5, 5.41) is 6.64. The average Bonchev–Trinajstić information content (AvgIpc) is 3.13. The predicted molar refractivity (Wildman–Crippen MR) is 118 cm³/mol. The maximum absolute atomic E-state index is 13.2. The van der Waals surface area contributed by atoms with E-state index in [1.54, 1.807) is 6.20 Å². The Morgan fingerprint density at radius 2 is 2.00 bits per heavy atom. The molecule has 1 aliphatic rings. The SMILES string of the molecule is C/C=C(\C)NC(=O)c1c(N2CCCC(C)(C)CC2)ncc(-c2cnn(C(F)F)c2)c1C. The van der Waals surface area contributed by atoms with Gasteiger partial charge in [-0.25, -0.2) is 9.67 Å². The number of hydrogen-bond acceptors (Lipinski definition) is 4. The summed E-state index contributed by atoms with van der Waals surface area (Å²) in [4.78, 5) is 20.1. The van der Waals surface area contributed by atoms with Crippen LogP contribution in [-0.4, -0.2) is 33.8 Å². The van der Waals surface area contributed by atoms with Crippen LogP contribution in [0.15, 0.2) is 30.4 Å². The van der Waals surface area contributed by atoms with Gasteiger partial charge in [-0.15, -0.1) is 0 Å². The van der Waals surface area contributed by atoms with Crippen LogP contribution in [-0.2, 0) is 0 Å². The van der Waals surface area contributed by atoms with Gasteiger partial charge in [-0.3, -0.25) is 4.79 Å². The lowest BCUT2D eigenvalue weighted by Gasteiger charge is -2.27. The van der Waals surface area contributed by atoms with E-state index < -0.39 is 6.55 Å². The summed E-state index contributed by atoms with van der Waals surface area (Å²) < 4.78 is 26.6. The maximum atomic E-state index is 13.2. The molecule has 0 aromatic carbocycles. The van der Waals surface area contributed by atoms with Crippen molar-refractivity contribution in [1.29, 1.82) is 0 Å². The number of amides is 1. The molecular formula is C23H31F2N5O. The Labute approximate surface area is 182 Å². The molecule has 6 nitrogen and oxygen atoms in total. The Morgan fingerprint density at radius 3 is 2.65 bits per heavy atom. The Hall–Kier alpha value is -2.77. The van der Waals surface area contributed by atoms with Gasteiger partial charge < -0.3 is 10.2 Å². The standard InChI is InChI=1S/C23H31F2N5O/c1-6-15(2)28-21(31)19-16(3)18(17-12-27-30(14-17)22(24)25)13-26-20(19)29-10-7-8-23(4,5)9-11-29/h6,12-14,22H,7-11H2,1-5H3,(H,28,31)/b15-6+. The second kappa shape index (κ2) is 9.16. The van der Waals surface area contributed by atoms with Gasteiger partial charge in [-0.05, 0) is 51.0 Å². The fraction of sp³-hybridized carbons (Fsp3) is 0.522. The number of anilines is 1. The summed E-state index contributed by atoms with van der Waals surface area (Å²) in [6, 6.07) is 0. The minimum atomic E-state index is -2.72.